The number of para-hydroxylation sites is 2. The number of hydrogen-bond donors (Lipinski definition) is 0. The molecule has 0 N–H and O–H groups in total. The third-order valence-corrected chi connectivity index (χ3v) is 3.64. The van der Waals surface area contributed by atoms with Crippen LogP contribution in [0.5, 0.6) is 0 Å². The standard InChI is InChI=1S/C21H18N2/c1-22-20-9-5-6-10-21(20)23-16-19-13-11-18(12-14-19)15-17-7-3-2-4-8-17/h2-14,16H,1,15H2/b23-16-. The molecule has 0 aromatic heterocycles. The van der Waals surface area contributed by atoms with Crippen molar-refractivity contribution in [3.05, 3.63) is 95.6 Å². The molecule has 3 aromatic rings. The molecule has 0 aliphatic carbocycles. The van der Waals surface area contributed by atoms with Crippen molar-refractivity contribution in [1.82, 2.24) is 0 Å². The lowest BCUT2D eigenvalue weighted by Gasteiger charge is -2.02. The Morgan fingerprint density at radius 3 is 2.00 bits per heavy atom. The van der Waals surface area contributed by atoms with Crippen molar-refractivity contribution < 1.29 is 0 Å². The zero-order valence-corrected chi connectivity index (χ0v) is 12.9. The van der Waals surface area contributed by atoms with Crippen molar-refractivity contribution in [2.45, 2.75) is 6.42 Å². The summed E-state index contributed by atoms with van der Waals surface area (Å²) in [6.45, 7) is 3.57. The van der Waals surface area contributed by atoms with E-state index >= 15 is 0 Å². The second-order valence-electron chi connectivity index (χ2n) is 5.31. The first-order valence-electron chi connectivity index (χ1n) is 7.58. The molecule has 0 fully saturated rings. The quantitative estimate of drug-likeness (QED) is 0.566. The summed E-state index contributed by atoms with van der Waals surface area (Å²) in [6, 6.07) is 26.7. The topological polar surface area (TPSA) is 24.7 Å². The van der Waals surface area contributed by atoms with Crippen molar-refractivity contribution in [2.24, 2.45) is 9.98 Å². The van der Waals surface area contributed by atoms with Gasteiger partial charge in [-0.3, -0.25) is 9.98 Å². The van der Waals surface area contributed by atoms with E-state index in [0.717, 1.165) is 23.4 Å². The molecule has 0 aliphatic rings. The van der Waals surface area contributed by atoms with Gasteiger partial charge in [0.1, 0.15) is 0 Å². The van der Waals surface area contributed by atoms with Crippen molar-refractivity contribution in [2.75, 3.05) is 0 Å². The van der Waals surface area contributed by atoms with Crippen LogP contribution in [0, 0.1) is 0 Å². The molecule has 0 aliphatic heterocycles. The maximum absolute atomic E-state index is 4.50. The maximum Gasteiger partial charge on any atom is 0.0886 e. The van der Waals surface area contributed by atoms with Gasteiger partial charge >= 0.3 is 0 Å². The van der Waals surface area contributed by atoms with E-state index in [9.17, 15) is 0 Å². The van der Waals surface area contributed by atoms with Crippen LogP contribution < -0.4 is 0 Å². The van der Waals surface area contributed by atoms with E-state index in [1.54, 1.807) is 0 Å². The molecule has 112 valence electrons. The van der Waals surface area contributed by atoms with Crippen LogP contribution in [0.25, 0.3) is 0 Å². The Kier molecular flexibility index (Phi) is 4.75. The van der Waals surface area contributed by atoms with Gasteiger partial charge in [-0.05, 0) is 42.0 Å². The minimum absolute atomic E-state index is 0.796. The van der Waals surface area contributed by atoms with Crippen LogP contribution in [0.4, 0.5) is 11.4 Å². The minimum Gasteiger partial charge on any atom is -0.262 e. The van der Waals surface area contributed by atoms with Crippen molar-refractivity contribution >= 4 is 24.3 Å². The third-order valence-electron chi connectivity index (χ3n) is 3.64. The first-order valence-corrected chi connectivity index (χ1v) is 7.58. The molecule has 0 spiro atoms. The molecular weight excluding hydrogens is 280 g/mol. The average Bonchev–Trinajstić information content (AvgIpc) is 2.62. The predicted octanol–water partition coefficient (Wildman–Crippen LogP) is 5.36. The van der Waals surface area contributed by atoms with Crippen LogP contribution in [-0.2, 0) is 6.42 Å². The van der Waals surface area contributed by atoms with E-state index in [-0.39, 0.29) is 0 Å². The van der Waals surface area contributed by atoms with Gasteiger partial charge in [-0.1, -0.05) is 66.7 Å². The first-order chi connectivity index (χ1) is 11.3. The van der Waals surface area contributed by atoms with Gasteiger partial charge in [0, 0.05) is 6.21 Å². The SMILES string of the molecule is C=Nc1ccccc1/N=C\c1ccc(Cc2ccccc2)cc1. The molecule has 3 rings (SSSR count). The fourth-order valence-electron chi connectivity index (χ4n) is 2.40. The van der Waals surface area contributed by atoms with E-state index in [4.69, 9.17) is 0 Å². The smallest absolute Gasteiger partial charge is 0.0886 e. The summed E-state index contributed by atoms with van der Waals surface area (Å²) in [4.78, 5) is 8.48. The average molecular weight is 298 g/mol. The molecule has 3 aromatic carbocycles. The molecule has 0 amide bonds. The molecule has 2 nitrogen and oxygen atoms in total. The third kappa shape index (κ3) is 4.01. The second kappa shape index (κ2) is 7.32. The lowest BCUT2D eigenvalue weighted by atomic mass is 10.0. The summed E-state index contributed by atoms with van der Waals surface area (Å²) < 4.78 is 0. The molecule has 2 heteroatoms. The number of aliphatic imine (C=N–C) groups is 2. The second-order valence-corrected chi connectivity index (χ2v) is 5.31. The lowest BCUT2D eigenvalue weighted by Crippen LogP contribution is -1.88. The van der Waals surface area contributed by atoms with Gasteiger partial charge in [-0.2, -0.15) is 0 Å². The molecule has 0 bridgehead atoms. The molecular formula is C21H18N2. The molecule has 0 heterocycles. The molecule has 0 saturated heterocycles. The summed E-state index contributed by atoms with van der Waals surface area (Å²) in [5, 5.41) is 0. The maximum atomic E-state index is 4.50. The zero-order chi connectivity index (χ0) is 15.9. The molecule has 23 heavy (non-hydrogen) atoms. The summed E-state index contributed by atoms with van der Waals surface area (Å²) in [6.07, 6.45) is 2.80. The molecule has 0 atom stereocenters. The highest BCUT2D eigenvalue weighted by Crippen LogP contribution is 2.26. The molecule has 0 saturated carbocycles. The van der Waals surface area contributed by atoms with Crippen LogP contribution in [0.2, 0.25) is 0 Å². The number of rotatable bonds is 5. The van der Waals surface area contributed by atoms with E-state index in [1.165, 1.54) is 11.1 Å². The lowest BCUT2D eigenvalue weighted by molar-refractivity contribution is 1.19. The Bertz CT molecular complexity index is 803. The first kappa shape index (κ1) is 14.9. The Balaban J connectivity index is 1.72. The van der Waals surface area contributed by atoms with Gasteiger partial charge < -0.3 is 0 Å². The van der Waals surface area contributed by atoms with Crippen molar-refractivity contribution in [3.8, 4) is 0 Å². The highest BCUT2D eigenvalue weighted by Gasteiger charge is 1.98. The van der Waals surface area contributed by atoms with Crippen LogP contribution in [0.15, 0.2) is 88.8 Å². The van der Waals surface area contributed by atoms with Crippen LogP contribution in [0.1, 0.15) is 16.7 Å². The van der Waals surface area contributed by atoms with Crippen LogP contribution in [0.3, 0.4) is 0 Å². The van der Waals surface area contributed by atoms with Gasteiger partial charge in [0.15, 0.2) is 0 Å². The molecule has 0 radical (unpaired) electrons. The Morgan fingerprint density at radius 1 is 0.696 bits per heavy atom. The Labute approximate surface area is 136 Å². The van der Waals surface area contributed by atoms with Crippen molar-refractivity contribution in [1.29, 1.82) is 0 Å². The highest BCUT2D eigenvalue weighted by molar-refractivity contribution is 5.83. The Morgan fingerprint density at radius 2 is 1.30 bits per heavy atom. The van der Waals surface area contributed by atoms with Gasteiger partial charge in [0.2, 0.25) is 0 Å². The minimum atomic E-state index is 0.796. The van der Waals surface area contributed by atoms with E-state index < -0.39 is 0 Å². The van der Waals surface area contributed by atoms with Gasteiger partial charge in [-0.25, -0.2) is 0 Å². The highest BCUT2D eigenvalue weighted by atomic mass is 14.8. The van der Waals surface area contributed by atoms with E-state index in [1.807, 2.05) is 36.5 Å². The van der Waals surface area contributed by atoms with Crippen LogP contribution in [-0.4, -0.2) is 12.9 Å². The van der Waals surface area contributed by atoms with Gasteiger partial charge in [0.05, 0.1) is 11.4 Å². The number of nitrogens with zero attached hydrogens (tertiary/aromatic N) is 2. The van der Waals surface area contributed by atoms with Gasteiger partial charge in [-0.15, -0.1) is 0 Å². The van der Waals surface area contributed by atoms with Crippen LogP contribution >= 0.6 is 0 Å². The Hall–Kier alpha value is -3.00. The number of benzene rings is 3. The van der Waals surface area contributed by atoms with Gasteiger partial charge in [0.25, 0.3) is 0 Å². The van der Waals surface area contributed by atoms with Crippen molar-refractivity contribution in [3.63, 3.8) is 0 Å². The fourth-order valence-corrected chi connectivity index (χ4v) is 2.40. The number of hydrogen-bond acceptors (Lipinski definition) is 2. The monoisotopic (exact) mass is 298 g/mol. The fraction of sp³-hybridized carbons (Fsp3) is 0.0476. The normalized spacial score (nSPS) is 10.8. The van der Waals surface area contributed by atoms with E-state index in [0.29, 0.717) is 0 Å². The summed E-state index contributed by atoms with van der Waals surface area (Å²) >= 11 is 0. The largest absolute Gasteiger partial charge is 0.262 e. The summed E-state index contributed by atoms with van der Waals surface area (Å²) in [7, 11) is 0. The molecule has 0 unspecified atom stereocenters. The zero-order valence-electron chi connectivity index (χ0n) is 12.9. The van der Waals surface area contributed by atoms with E-state index in [2.05, 4.69) is 65.2 Å². The predicted molar refractivity (Wildman–Crippen MR) is 98.6 cm³/mol. The summed E-state index contributed by atoms with van der Waals surface area (Å²) in [5.41, 5.74) is 5.31. The summed E-state index contributed by atoms with van der Waals surface area (Å²) in [5.74, 6) is 0.